The van der Waals surface area contributed by atoms with Gasteiger partial charge in [-0.25, -0.2) is 0 Å². The van der Waals surface area contributed by atoms with E-state index < -0.39 is 0 Å². The van der Waals surface area contributed by atoms with Gasteiger partial charge in [-0.15, -0.1) is 0 Å². The molecule has 1 aliphatic rings. The highest BCUT2D eigenvalue weighted by molar-refractivity contribution is 6.48. The first-order valence-electron chi connectivity index (χ1n) is 5.11. The molecule has 0 N–H and O–H groups in total. The van der Waals surface area contributed by atoms with E-state index in [2.05, 4.69) is 0 Å². The summed E-state index contributed by atoms with van der Waals surface area (Å²) < 4.78 is 5.19. The monoisotopic (exact) mass is 293 g/mol. The van der Waals surface area contributed by atoms with Crippen LogP contribution in [0.3, 0.4) is 0 Å². The maximum Gasteiger partial charge on any atom is 0.254 e. The summed E-state index contributed by atoms with van der Waals surface area (Å²) >= 11 is 17.6. The first-order chi connectivity index (χ1) is 8.09. The van der Waals surface area contributed by atoms with Crippen LogP contribution in [0.1, 0.15) is 10.4 Å². The molecule has 1 aromatic rings. The van der Waals surface area contributed by atoms with E-state index in [0.29, 0.717) is 31.9 Å². The van der Waals surface area contributed by atoms with E-state index in [9.17, 15) is 4.79 Å². The number of hydrogen-bond acceptors (Lipinski definition) is 2. The van der Waals surface area contributed by atoms with Gasteiger partial charge in [0.15, 0.2) is 0 Å². The molecule has 0 bridgehead atoms. The minimum atomic E-state index is -0.103. The van der Waals surface area contributed by atoms with E-state index in [1.54, 1.807) is 4.90 Å². The maximum absolute atomic E-state index is 12.1. The summed E-state index contributed by atoms with van der Waals surface area (Å²) in [4.78, 5) is 13.8. The highest BCUT2D eigenvalue weighted by atomic mass is 35.5. The molecule has 1 heterocycles. The molecule has 0 aliphatic carbocycles. The van der Waals surface area contributed by atoms with Crippen molar-refractivity contribution in [2.75, 3.05) is 26.3 Å². The van der Waals surface area contributed by atoms with Gasteiger partial charge in [0.2, 0.25) is 0 Å². The quantitative estimate of drug-likeness (QED) is 0.745. The number of hydrogen-bond donors (Lipinski definition) is 0. The van der Waals surface area contributed by atoms with E-state index >= 15 is 0 Å². The Morgan fingerprint density at radius 1 is 1.12 bits per heavy atom. The molecule has 2 rings (SSSR count). The van der Waals surface area contributed by atoms with Crippen molar-refractivity contribution in [2.45, 2.75) is 0 Å². The Hall–Kier alpha value is -0.480. The summed E-state index contributed by atoms with van der Waals surface area (Å²) in [6, 6.07) is 3.07. The Balaban J connectivity index is 2.24. The lowest BCUT2D eigenvalue weighted by Crippen LogP contribution is -2.40. The third kappa shape index (κ3) is 2.86. The van der Waals surface area contributed by atoms with Crippen molar-refractivity contribution >= 4 is 40.7 Å². The van der Waals surface area contributed by atoms with Crippen LogP contribution in [0.5, 0.6) is 0 Å². The predicted molar refractivity (Wildman–Crippen MR) is 68.2 cm³/mol. The van der Waals surface area contributed by atoms with Crippen LogP contribution in [0.25, 0.3) is 0 Å². The molecule has 0 radical (unpaired) electrons. The van der Waals surface area contributed by atoms with Crippen molar-refractivity contribution in [3.05, 3.63) is 32.8 Å². The average molecular weight is 295 g/mol. The predicted octanol–water partition coefficient (Wildman–Crippen LogP) is 3.12. The standard InChI is InChI=1S/C11H10Cl3NO2/c12-8-5-7(6-9(13)10(8)14)11(16)15-1-3-17-4-2-15/h5-6H,1-4H2. The average Bonchev–Trinajstić information content (AvgIpc) is 2.35. The lowest BCUT2D eigenvalue weighted by molar-refractivity contribution is 0.0303. The van der Waals surface area contributed by atoms with Crippen molar-refractivity contribution in [2.24, 2.45) is 0 Å². The van der Waals surface area contributed by atoms with E-state index in [1.807, 2.05) is 0 Å². The first kappa shape index (κ1) is 13.0. The number of carbonyl (C=O) groups is 1. The lowest BCUT2D eigenvalue weighted by Gasteiger charge is -2.27. The van der Waals surface area contributed by atoms with Crippen LogP contribution in [0.4, 0.5) is 0 Å². The Labute approximate surface area is 114 Å². The molecule has 1 aromatic carbocycles. The zero-order chi connectivity index (χ0) is 12.4. The largest absolute Gasteiger partial charge is 0.378 e. The fourth-order valence-corrected chi connectivity index (χ4v) is 2.22. The zero-order valence-electron chi connectivity index (χ0n) is 8.88. The van der Waals surface area contributed by atoms with Gasteiger partial charge in [0.05, 0.1) is 28.3 Å². The second kappa shape index (κ2) is 5.44. The van der Waals surface area contributed by atoms with Crippen molar-refractivity contribution < 1.29 is 9.53 Å². The van der Waals surface area contributed by atoms with Crippen LogP contribution in [0, 0.1) is 0 Å². The van der Waals surface area contributed by atoms with Crippen molar-refractivity contribution in [1.82, 2.24) is 4.90 Å². The van der Waals surface area contributed by atoms with Gasteiger partial charge >= 0.3 is 0 Å². The van der Waals surface area contributed by atoms with Gasteiger partial charge in [-0.2, -0.15) is 0 Å². The van der Waals surface area contributed by atoms with Crippen LogP contribution in [0.2, 0.25) is 15.1 Å². The topological polar surface area (TPSA) is 29.5 Å². The van der Waals surface area contributed by atoms with E-state index in [1.165, 1.54) is 12.1 Å². The molecule has 6 heteroatoms. The summed E-state index contributed by atoms with van der Waals surface area (Å²) in [6.07, 6.45) is 0. The molecule has 0 atom stereocenters. The summed E-state index contributed by atoms with van der Waals surface area (Å²) in [5.41, 5.74) is 0.450. The van der Waals surface area contributed by atoms with Crippen LogP contribution in [0.15, 0.2) is 12.1 Å². The second-order valence-corrected chi connectivity index (χ2v) is 4.85. The molecule has 1 amide bonds. The SMILES string of the molecule is O=C(c1cc(Cl)c(Cl)c(Cl)c1)N1CCOCC1. The highest BCUT2D eigenvalue weighted by Crippen LogP contribution is 2.31. The number of ether oxygens (including phenoxy) is 1. The molecule has 92 valence electrons. The van der Waals surface area contributed by atoms with Gasteiger partial charge in [-0.1, -0.05) is 34.8 Å². The smallest absolute Gasteiger partial charge is 0.254 e. The Morgan fingerprint density at radius 2 is 1.65 bits per heavy atom. The third-order valence-electron chi connectivity index (χ3n) is 2.53. The molecule has 17 heavy (non-hydrogen) atoms. The summed E-state index contributed by atoms with van der Waals surface area (Å²) in [6.45, 7) is 2.27. The molecular formula is C11H10Cl3NO2. The minimum absolute atomic E-state index is 0.103. The lowest BCUT2D eigenvalue weighted by atomic mass is 10.2. The molecule has 0 spiro atoms. The van der Waals surface area contributed by atoms with Gasteiger partial charge in [0, 0.05) is 18.7 Å². The van der Waals surface area contributed by atoms with Crippen molar-refractivity contribution in [1.29, 1.82) is 0 Å². The first-order valence-corrected chi connectivity index (χ1v) is 6.24. The van der Waals surface area contributed by atoms with Crippen LogP contribution in [-0.4, -0.2) is 37.1 Å². The molecule has 0 saturated carbocycles. The van der Waals surface area contributed by atoms with Crippen molar-refractivity contribution in [3.8, 4) is 0 Å². The van der Waals surface area contributed by atoms with E-state index in [4.69, 9.17) is 39.5 Å². The number of rotatable bonds is 1. The van der Waals surface area contributed by atoms with Gasteiger partial charge < -0.3 is 9.64 Å². The van der Waals surface area contributed by atoms with Crippen molar-refractivity contribution in [3.63, 3.8) is 0 Å². The summed E-state index contributed by atoms with van der Waals surface area (Å²) in [7, 11) is 0. The van der Waals surface area contributed by atoms with Gasteiger partial charge in [0.25, 0.3) is 5.91 Å². The molecule has 3 nitrogen and oxygen atoms in total. The Kier molecular flexibility index (Phi) is 4.15. The Morgan fingerprint density at radius 3 is 2.18 bits per heavy atom. The van der Waals surface area contributed by atoms with E-state index in [0.717, 1.165) is 0 Å². The normalized spacial score (nSPS) is 16.1. The van der Waals surface area contributed by atoms with Crippen LogP contribution < -0.4 is 0 Å². The van der Waals surface area contributed by atoms with Gasteiger partial charge in [-0.3, -0.25) is 4.79 Å². The number of carbonyl (C=O) groups excluding carboxylic acids is 1. The van der Waals surface area contributed by atoms with Gasteiger partial charge in [0.1, 0.15) is 0 Å². The summed E-state index contributed by atoms with van der Waals surface area (Å²) in [5, 5.41) is 0.846. The summed E-state index contributed by atoms with van der Waals surface area (Å²) in [5.74, 6) is -0.103. The third-order valence-corrected chi connectivity index (χ3v) is 3.73. The molecular weight excluding hydrogens is 284 g/mol. The minimum Gasteiger partial charge on any atom is -0.378 e. The fourth-order valence-electron chi connectivity index (χ4n) is 1.63. The Bertz CT molecular complexity index is 421. The number of halogens is 3. The highest BCUT2D eigenvalue weighted by Gasteiger charge is 2.20. The molecule has 1 fully saturated rings. The molecule has 1 aliphatic heterocycles. The van der Waals surface area contributed by atoms with Crippen LogP contribution in [-0.2, 0) is 4.74 Å². The van der Waals surface area contributed by atoms with Crippen LogP contribution >= 0.6 is 34.8 Å². The number of morpholine rings is 1. The fraction of sp³-hybridized carbons (Fsp3) is 0.364. The number of benzene rings is 1. The number of amides is 1. The zero-order valence-corrected chi connectivity index (χ0v) is 11.1. The number of nitrogens with zero attached hydrogens (tertiary/aromatic N) is 1. The molecule has 0 unspecified atom stereocenters. The molecule has 0 aromatic heterocycles. The second-order valence-electron chi connectivity index (χ2n) is 3.66. The molecule has 1 saturated heterocycles. The van der Waals surface area contributed by atoms with E-state index in [-0.39, 0.29) is 21.0 Å². The van der Waals surface area contributed by atoms with Gasteiger partial charge in [-0.05, 0) is 12.1 Å². The maximum atomic E-state index is 12.1.